The number of hydrogen-bond donors (Lipinski definition) is 5. The number of fused-ring (bicyclic) bond motifs is 2. The zero-order valence-electron chi connectivity index (χ0n) is 15.2. The van der Waals surface area contributed by atoms with Crippen LogP contribution in [0.2, 0.25) is 0 Å². The lowest BCUT2D eigenvalue weighted by molar-refractivity contribution is -0.283. The lowest BCUT2D eigenvalue weighted by atomic mass is 9.38. The van der Waals surface area contributed by atoms with Gasteiger partial charge in [0.2, 0.25) is 0 Å². The first-order valence-electron chi connectivity index (χ1n) is 9.27. The maximum atomic E-state index is 12.6. The van der Waals surface area contributed by atoms with Crippen molar-refractivity contribution in [3.8, 4) is 0 Å². The summed E-state index contributed by atoms with van der Waals surface area (Å²) in [6.45, 7) is 9.16. The molecule has 0 bridgehead atoms. The van der Waals surface area contributed by atoms with E-state index in [1.807, 2.05) is 0 Å². The quantitative estimate of drug-likeness (QED) is 0.280. The van der Waals surface area contributed by atoms with Crippen LogP contribution in [0, 0.1) is 34.5 Å². The molecule has 3 aliphatic carbocycles. The number of aliphatic hydroxyl groups excluding tert-OH is 5. The topological polar surface area (TPSA) is 127 Å². The van der Waals surface area contributed by atoms with Crippen molar-refractivity contribution in [2.75, 3.05) is 0 Å². The van der Waals surface area contributed by atoms with Crippen LogP contribution < -0.4 is 0 Å². The van der Waals surface area contributed by atoms with Crippen molar-refractivity contribution in [2.24, 2.45) is 34.5 Å². The highest BCUT2D eigenvalue weighted by molar-refractivity contribution is 5.77. The summed E-state index contributed by atoms with van der Waals surface area (Å²) in [4.78, 5) is 12.6. The normalized spacial score (nSPS) is 61.7. The molecule has 7 nitrogen and oxygen atoms in total. The third kappa shape index (κ3) is 1.79. The molecule has 0 aromatic carbocycles. The molecule has 4 rings (SSSR count). The van der Waals surface area contributed by atoms with Crippen LogP contribution in [0.5, 0.6) is 0 Å². The third-order valence-corrected chi connectivity index (χ3v) is 8.11. The minimum atomic E-state index is -1.23. The van der Waals surface area contributed by atoms with Crippen LogP contribution in [-0.4, -0.2) is 68.1 Å². The van der Waals surface area contributed by atoms with Gasteiger partial charge in [0.15, 0.2) is 0 Å². The number of carbonyl (C=O) groups excluding carboxylic acids is 1. The van der Waals surface area contributed by atoms with Gasteiger partial charge in [0.25, 0.3) is 0 Å². The first-order chi connectivity index (χ1) is 12.0. The molecule has 4 fully saturated rings. The number of hydrogen-bond acceptors (Lipinski definition) is 7. The van der Waals surface area contributed by atoms with E-state index in [2.05, 4.69) is 6.58 Å². The van der Waals surface area contributed by atoms with E-state index in [4.69, 9.17) is 4.74 Å². The molecule has 0 aromatic heterocycles. The maximum absolute atomic E-state index is 12.6. The van der Waals surface area contributed by atoms with E-state index in [9.17, 15) is 30.3 Å². The number of ether oxygens (including phenoxy) is 1. The summed E-state index contributed by atoms with van der Waals surface area (Å²) in [5.74, 6) is -3.17. The van der Waals surface area contributed by atoms with Gasteiger partial charge >= 0.3 is 5.97 Å². The summed E-state index contributed by atoms with van der Waals surface area (Å²) in [6.07, 6.45) is -6.54. The van der Waals surface area contributed by atoms with E-state index in [0.29, 0.717) is 5.57 Å². The molecule has 0 spiro atoms. The minimum Gasteiger partial charge on any atom is -0.459 e. The molecule has 12 atom stereocenters. The molecule has 5 N–H and O–H groups in total. The average Bonchev–Trinajstić information content (AvgIpc) is 2.81. The Balaban J connectivity index is 1.97. The lowest BCUT2D eigenvalue weighted by Gasteiger charge is -2.66. The van der Waals surface area contributed by atoms with Crippen LogP contribution in [0.15, 0.2) is 12.2 Å². The van der Waals surface area contributed by atoms with Crippen molar-refractivity contribution in [1.29, 1.82) is 0 Å². The van der Waals surface area contributed by atoms with Crippen LogP contribution in [0.25, 0.3) is 0 Å². The first kappa shape index (κ1) is 18.4. The number of esters is 1. The molecular formula is C19H28O7. The van der Waals surface area contributed by atoms with Crippen LogP contribution in [-0.2, 0) is 9.53 Å². The Kier molecular flexibility index (Phi) is 3.74. The largest absolute Gasteiger partial charge is 0.459 e. The number of carbonyl (C=O) groups is 1. The smallest absolute Gasteiger partial charge is 0.310 e. The van der Waals surface area contributed by atoms with Crippen molar-refractivity contribution in [2.45, 2.75) is 63.8 Å². The van der Waals surface area contributed by atoms with Crippen molar-refractivity contribution in [1.82, 2.24) is 0 Å². The van der Waals surface area contributed by atoms with Crippen molar-refractivity contribution in [3.05, 3.63) is 12.2 Å². The Morgan fingerprint density at radius 3 is 2.23 bits per heavy atom. The predicted molar refractivity (Wildman–Crippen MR) is 89.5 cm³/mol. The molecule has 26 heavy (non-hydrogen) atoms. The van der Waals surface area contributed by atoms with Gasteiger partial charge in [-0.15, -0.1) is 0 Å². The molecular weight excluding hydrogens is 340 g/mol. The van der Waals surface area contributed by atoms with Gasteiger partial charge in [-0.25, -0.2) is 0 Å². The Morgan fingerprint density at radius 2 is 1.62 bits per heavy atom. The fraction of sp³-hybridized carbons (Fsp3) is 0.842. The molecule has 3 saturated carbocycles. The summed E-state index contributed by atoms with van der Waals surface area (Å²) in [5.41, 5.74) is -1.58. The monoisotopic (exact) mass is 368 g/mol. The van der Waals surface area contributed by atoms with Gasteiger partial charge < -0.3 is 30.3 Å². The molecule has 1 saturated heterocycles. The van der Waals surface area contributed by atoms with Crippen LogP contribution in [0.4, 0.5) is 0 Å². The van der Waals surface area contributed by atoms with E-state index in [-0.39, 0.29) is 6.42 Å². The lowest BCUT2D eigenvalue weighted by Crippen LogP contribution is -2.75. The van der Waals surface area contributed by atoms with Gasteiger partial charge in [0.05, 0.1) is 36.4 Å². The number of aliphatic hydroxyl groups is 5. The van der Waals surface area contributed by atoms with E-state index >= 15 is 0 Å². The van der Waals surface area contributed by atoms with Gasteiger partial charge in [0, 0.05) is 22.7 Å². The van der Waals surface area contributed by atoms with Gasteiger partial charge in [-0.3, -0.25) is 4.79 Å². The third-order valence-electron chi connectivity index (χ3n) is 8.11. The van der Waals surface area contributed by atoms with Gasteiger partial charge in [-0.2, -0.15) is 0 Å². The fourth-order valence-corrected chi connectivity index (χ4v) is 7.16. The summed E-state index contributed by atoms with van der Waals surface area (Å²) >= 11 is 0. The zero-order chi connectivity index (χ0) is 19.3. The second-order valence-corrected chi connectivity index (χ2v) is 9.23. The molecule has 0 unspecified atom stereocenters. The fourth-order valence-electron chi connectivity index (χ4n) is 7.16. The van der Waals surface area contributed by atoms with Crippen molar-refractivity contribution in [3.63, 3.8) is 0 Å². The zero-order valence-corrected chi connectivity index (χ0v) is 15.2. The molecule has 1 heterocycles. The van der Waals surface area contributed by atoms with E-state index in [1.165, 1.54) is 0 Å². The highest BCUT2D eigenvalue weighted by atomic mass is 16.6. The van der Waals surface area contributed by atoms with Crippen molar-refractivity contribution < 1.29 is 35.1 Å². The molecule has 0 aromatic rings. The summed E-state index contributed by atoms with van der Waals surface area (Å²) in [7, 11) is 0. The molecule has 0 radical (unpaired) electrons. The SMILES string of the molecule is C=C1C[C@H](O)[C@@H](O)[C@]2(C)[C@@H]3[C@H](O)[C@H](O)[C@H](C)[C@H]4C(=O)O[C@H]([C@H](O)[C@H]12)[C@]34C. The van der Waals surface area contributed by atoms with E-state index < -0.39 is 77.1 Å². The highest BCUT2D eigenvalue weighted by Gasteiger charge is 2.77. The molecule has 4 aliphatic rings. The molecule has 7 heteroatoms. The molecule has 1 aliphatic heterocycles. The highest BCUT2D eigenvalue weighted by Crippen LogP contribution is 2.69. The van der Waals surface area contributed by atoms with E-state index in [1.54, 1.807) is 20.8 Å². The van der Waals surface area contributed by atoms with Gasteiger partial charge in [0.1, 0.15) is 6.10 Å². The summed E-state index contributed by atoms with van der Waals surface area (Å²) in [5, 5.41) is 54.1. The van der Waals surface area contributed by atoms with Gasteiger partial charge in [-0.05, 0) is 12.3 Å². The van der Waals surface area contributed by atoms with Crippen LogP contribution in [0.1, 0.15) is 27.2 Å². The Labute approximate surface area is 152 Å². The summed E-state index contributed by atoms with van der Waals surface area (Å²) < 4.78 is 5.57. The maximum Gasteiger partial charge on any atom is 0.310 e. The van der Waals surface area contributed by atoms with Crippen LogP contribution >= 0.6 is 0 Å². The van der Waals surface area contributed by atoms with Crippen molar-refractivity contribution >= 4 is 5.97 Å². The minimum absolute atomic E-state index is 0.126. The standard InChI is InChI=1S/C19H28O7/c1-6-5-8(20)15(24)18(3)9(6)12(22)16-19(4)10(17(25)26-16)7(2)11(21)13(23)14(18)19/h7-16,20-24H,1,5H2,2-4H3/t7-,8+,9+,10+,11-,12-,13-,14+,15-,16-,18+,19+/m1/s1. The Bertz CT molecular complexity index is 664. The Morgan fingerprint density at radius 1 is 1.00 bits per heavy atom. The second kappa shape index (κ2) is 5.29. The molecule has 0 amide bonds. The van der Waals surface area contributed by atoms with Gasteiger partial charge in [-0.1, -0.05) is 32.9 Å². The first-order valence-corrected chi connectivity index (χ1v) is 9.27. The van der Waals surface area contributed by atoms with Crippen LogP contribution in [0.3, 0.4) is 0 Å². The van der Waals surface area contributed by atoms with E-state index in [0.717, 1.165) is 0 Å². The summed E-state index contributed by atoms with van der Waals surface area (Å²) in [6, 6.07) is 0. The average molecular weight is 368 g/mol. The Hall–Kier alpha value is -0.990. The second-order valence-electron chi connectivity index (χ2n) is 9.23. The molecule has 146 valence electrons. The predicted octanol–water partition coefficient (Wildman–Crippen LogP) is -0.799. The number of rotatable bonds is 0.